The second kappa shape index (κ2) is 5.00. The normalized spacial score (nSPS) is 38.0. The number of rotatable bonds is 0. The van der Waals surface area contributed by atoms with Crippen LogP contribution < -0.4 is 0 Å². The Morgan fingerprint density at radius 1 is 0.550 bits per heavy atom. The van der Waals surface area contributed by atoms with Crippen molar-refractivity contribution in [2.45, 2.75) is 38.5 Å². The molecule has 0 aromatic rings. The summed E-state index contributed by atoms with van der Waals surface area (Å²) in [5.74, 6) is -3.30. The van der Waals surface area contributed by atoms with Crippen LogP contribution in [0.1, 0.15) is 38.5 Å². The predicted molar refractivity (Wildman–Crippen MR) is 63.9 cm³/mol. The zero-order valence-corrected chi connectivity index (χ0v) is 11.0. The van der Waals surface area contributed by atoms with E-state index >= 15 is 0 Å². The SMILES string of the molecule is O=C1OC(=O)C2CCCC3C(=O)OC(=O)C3CCCC12. The van der Waals surface area contributed by atoms with Gasteiger partial charge in [-0.3, -0.25) is 19.2 Å². The first kappa shape index (κ1) is 13.3. The quantitative estimate of drug-likeness (QED) is 0.485. The average Bonchev–Trinajstić information content (AvgIpc) is 2.82. The summed E-state index contributed by atoms with van der Waals surface area (Å²) in [5, 5.41) is 0. The Morgan fingerprint density at radius 3 is 1.05 bits per heavy atom. The van der Waals surface area contributed by atoms with E-state index in [1.54, 1.807) is 0 Å². The molecule has 6 heteroatoms. The highest BCUT2D eigenvalue weighted by Crippen LogP contribution is 2.38. The van der Waals surface area contributed by atoms with E-state index in [0.29, 0.717) is 38.5 Å². The molecule has 2 saturated heterocycles. The number of carbonyl (C=O) groups excluding carboxylic acids is 4. The summed E-state index contributed by atoms with van der Waals surface area (Å²) in [6.45, 7) is 0. The van der Waals surface area contributed by atoms with E-state index in [1.165, 1.54) is 0 Å². The van der Waals surface area contributed by atoms with Crippen molar-refractivity contribution in [3.63, 3.8) is 0 Å². The molecule has 1 aliphatic carbocycles. The third kappa shape index (κ3) is 2.13. The summed E-state index contributed by atoms with van der Waals surface area (Å²) < 4.78 is 9.40. The summed E-state index contributed by atoms with van der Waals surface area (Å²) in [4.78, 5) is 46.5. The molecule has 0 bridgehead atoms. The molecular formula is C14H16O6. The number of hydrogen-bond donors (Lipinski definition) is 0. The lowest BCUT2D eigenvalue weighted by atomic mass is 9.79. The van der Waals surface area contributed by atoms with Crippen LogP contribution in [-0.4, -0.2) is 23.9 Å². The van der Waals surface area contributed by atoms with Gasteiger partial charge in [0.05, 0.1) is 23.7 Å². The Bertz CT molecular complexity index is 398. The number of fused-ring (bicyclic) bond motifs is 2. The van der Waals surface area contributed by atoms with Crippen molar-refractivity contribution < 1.29 is 28.7 Å². The minimum Gasteiger partial charge on any atom is -0.393 e. The Labute approximate surface area is 115 Å². The van der Waals surface area contributed by atoms with E-state index in [-0.39, 0.29) is 23.7 Å². The maximum atomic E-state index is 11.6. The summed E-state index contributed by atoms with van der Waals surface area (Å²) >= 11 is 0. The fraction of sp³-hybridized carbons (Fsp3) is 0.714. The fourth-order valence-electron chi connectivity index (χ4n) is 3.55. The van der Waals surface area contributed by atoms with E-state index in [0.717, 1.165) is 0 Å². The highest BCUT2D eigenvalue weighted by molar-refractivity contribution is 5.97. The zero-order chi connectivity index (χ0) is 14.3. The van der Waals surface area contributed by atoms with Gasteiger partial charge in [-0.15, -0.1) is 0 Å². The van der Waals surface area contributed by atoms with Crippen LogP contribution in [0.3, 0.4) is 0 Å². The molecule has 2 heterocycles. The van der Waals surface area contributed by atoms with Crippen LogP contribution in [-0.2, 0) is 28.7 Å². The van der Waals surface area contributed by atoms with Gasteiger partial charge in [0.25, 0.3) is 0 Å². The summed E-state index contributed by atoms with van der Waals surface area (Å²) in [7, 11) is 0. The van der Waals surface area contributed by atoms with Crippen LogP contribution in [0, 0.1) is 23.7 Å². The van der Waals surface area contributed by atoms with Gasteiger partial charge in [-0.2, -0.15) is 0 Å². The molecule has 0 aromatic heterocycles. The molecule has 108 valence electrons. The maximum absolute atomic E-state index is 11.6. The lowest BCUT2D eigenvalue weighted by Gasteiger charge is -2.19. The molecule has 3 aliphatic rings. The standard InChI is InChI=1S/C14H16O6/c15-11-7-3-1-4-8-10(14(18)20-12(8)16)6-2-5-9(7)13(17)19-11/h7-10H,1-6H2. The van der Waals surface area contributed by atoms with Gasteiger partial charge in [-0.05, 0) is 25.7 Å². The second-order valence-corrected chi connectivity index (χ2v) is 5.77. The van der Waals surface area contributed by atoms with Gasteiger partial charge >= 0.3 is 23.9 Å². The lowest BCUT2D eigenvalue weighted by molar-refractivity contribution is -0.155. The van der Waals surface area contributed by atoms with Crippen LogP contribution >= 0.6 is 0 Å². The Balaban J connectivity index is 1.75. The summed E-state index contributed by atoms with van der Waals surface area (Å²) in [6.07, 6.45) is 3.35. The van der Waals surface area contributed by atoms with Crippen molar-refractivity contribution in [3.8, 4) is 0 Å². The first-order valence-corrected chi connectivity index (χ1v) is 7.09. The summed E-state index contributed by atoms with van der Waals surface area (Å²) in [5.41, 5.74) is 0. The molecule has 0 N–H and O–H groups in total. The minimum atomic E-state index is -0.442. The summed E-state index contributed by atoms with van der Waals surface area (Å²) in [6, 6.07) is 0. The van der Waals surface area contributed by atoms with Crippen molar-refractivity contribution in [1.82, 2.24) is 0 Å². The average molecular weight is 280 g/mol. The Kier molecular flexibility index (Phi) is 3.31. The zero-order valence-electron chi connectivity index (χ0n) is 11.0. The molecule has 4 atom stereocenters. The first-order valence-electron chi connectivity index (χ1n) is 7.09. The highest BCUT2D eigenvalue weighted by Gasteiger charge is 2.47. The molecule has 0 radical (unpaired) electrons. The number of hydrogen-bond acceptors (Lipinski definition) is 6. The number of ether oxygens (including phenoxy) is 2. The van der Waals surface area contributed by atoms with Gasteiger partial charge < -0.3 is 9.47 Å². The molecule has 20 heavy (non-hydrogen) atoms. The van der Waals surface area contributed by atoms with Crippen molar-refractivity contribution in [1.29, 1.82) is 0 Å². The monoisotopic (exact) mass is 280 g/mol. The third-order valence-corrected chi connectivity index (χ3v) is 4.65. The van der Waals surface area contributed by atoms with Gasteiger partial charge in [-0.25, -0.2) is 0 Å². The van der Waals surface area contributed by atoms with Crippen LogP contribution in [0.4, 0.5) is 0 Å². The van der Waals surface area contributed by atoms with Gasteiger partial charge in [0, 0.05) is 0 Å². The third-order valence-electron chi connectivity index (χ3n) is 4.65. The van der Waals surface area contributed by atoms with Crippen molar-refractivity contribution in [2.75, 3.05) is 0 Å². The number of carbonyl (C=O) groups is 4. The second-order valence-electron chi connectivity index (χ2n) is 5.77. The Hall–Kier alpha value is -1.72. The van der Waals surface area contributed by atoms with E-state index < -0.39 is 23.9 Å². The lowest BCUT2D eigenvalue weighted by Crippen LogP contribution is -2.23. The number of cyclic esters (lactones) is 4. The van der Waals surface area contributed by atoms with E-state index in [9.17, 15) is 19.2 Å². The van der Waals surface area contributed by atoms with Gasteiger partial charge in [0.1, 0.15) is 0 Å². The molecule has 2 aliphatic heterocycles. The molecule has 0 aromatic carbocycles. The Morgan fingerprint density at radius 2 is 0.800 bits per heavy atom. The highest BCUT2D eigenvalue weighted by atomic mass is 16.6. The molecule has 1 saturated carbocycles. The fourth-order valence-corrected chi connectivity index (χ4v) is 3.55. The minimum absolute atomic E-state index is 0.382. The largest absolute Gasteiger partial charge is 0.393 e. The van der Waals surface area contributed by atoms with E-state index in [4.69, 9.17) is 9.47 Å². The molecule has 3 fully saturated rings. The van der Waals surface area contributed by atoms with Crippen LogP contribution in [0.5, 0.6) is 0 Å². The first-order chi connectivity index (χ1) is 9.58. The van der Waals surface area contributed by atoms with Crippen LogP contribution in [0.2, 0.25) is 0 Å². The smallest absolute Gasteiger partial charge is 0.317 e. The molecule has 4 unspecified atom stereocenters. The predicted octanol–water partition coefficient (Wildman–Crippen LogP) is 0.972. The van der Waals surface area contributed by atoms with E-state index in [1.807, 2.05) is 0 Å². The molecule has 3 rings (SSSR count). The van der Waals surface area contributed by atoms with Crippen molar-refractivity contribution in [2.24, 2.45) is 23.7 Å². The molecule has 0 spiro atoms. The topological polar surface area (TPSA) is 86.7 Å². The van der Waals surface area contributed by atoms with Gasteiger partial charge in [-0.1, -0.05) is 12.8 Å². The number of esters is 4. The maximum Gasteiger partial charge on any atom is 0.317 e. The van der Waals surface area contributed by atoms with Crippen LogP contribution in [0.25, 0.3) is 0 Å². The van der Waals surface area contributed by atoms with E-state index in [2.05, 4.69) is 0 Å². The van der Waals surface area contributed by atoms with Crippen molar-refractivity contribution >= 4 is 23.9 Å². The molecular weight excluding hydrogens is 264 g/mol. The van der Waals surface area contributed by atoms with Crippen molar-refractivity contribution in [3.05, 3.63) is 0 Å². The molecule has 6 nitrogen and oxygen atoms in total. The van der Waals surface area contributed by atoms with Crippen LogP contribution in [0.15, 0.2) is 0 Å². The van der Waals surface area contributed by atoms with Gasteiger partial charge in [0.15, 0.2) is 0 Å². The van der Waals surface area contributed by atoms with Gasteiger partial charge in [0.2, 0.25) is 0 Å². The molecule has 0 amide bonds.